The normalized spacial score (nSPS) is 37.8. The molecule has 450 valence electrons. The number of ether oxygens (including phenoxy) is 3. The predicted octanol–water partition coefficient (Wildman–Crippen LogP) is 4.14. The van der Waals surface area contributed by atoms with Gasteiger partial charge in [0.05, 0.1) is 54.9 Å². The molecule has 0 aromatic rings. The van der Waals surface area contributed by atoms with Crippen LogP contribution in [-0.2, 0) is 23.8 Å². The van der Waals surface area contributed by atoms with Crippen LogP contribution in [0.3, 0.4) is 0 Å². The Morgan fingerprint density at radius 1 is 0.808 bits per heavy atom. The minimum atomic E-state index is -2.46. The van der Waals surface area contributed by atoms with Crippen LogP contribution >= 0.6 is 0 Å². The lowest BCUT2D eigenvalue weighted by molar-refractivity contribution is -0.333. The van der Waals surface area contributed by atoms with E-state index in [1.54, 1.807) is 85.9 Å². The van der Waals surface area contributed by atoms with Crippen LogP contribution in [0, 0.1) is 35.5 Å². The number of nitrogens with one attached hydrogen (secondary N) is 2. The number of hydrogen-bond acceptors (Lipinski definition) is 17. The largest absolute Gasteiger partial charge is 0.461 e. The smallest absolute Gasteiger partial charge is 0.334 e. The number of guanidine groups is 1. The molecule has 1 saturated heterocycles. The summed E-state index contributed by atoms with van der Waals surface area (Å²) in [7, 11) is 3.54. The topological polar surface area (TPSA) is 327 Å². The molecule has 1 unspecified atom stereocenters. The van der Waals surface area contributed by atoms with Gasteiger partial charge in [-0.3, -0.25) is 9.79 Å². The van der Waals surface area contributed by atoms with Crippen molar-refractivity contribution in [3.8, 4) is 0 Å². The molecule has 0 radical (unpaired) electrons. The third-order valence-corrected chi connectivity index (χ3v) is 15.7. The summed E-state index contributed by atoms with van der Waals surface area (Å²) in [6, 6.07) is -1.02. The van der Waals surface area contributed by atoms with Gasteiger partial charge >= 0.3 is 11.9 Å². The van der Waals surface area contributed by atoms with Crippen LogP contribution in [-0.4, -0.2) is 175 Å². The Bertz CT molecular complexity index is 1930. The number of hydrogen-bond donors (Lipinski definition) is 13. The van der Waals surface area contributed by atoms with E-state index in [-0.39, 0.29) is 69.1 Å². The van der Waals surface area contributed by atoms with Crippen LogP contribution in [0.5, 0.6) is 0 Å². The first-order chi connectivity index (χ1) is 36.6. The Kier molecular flexibility index (Phi) is 32.6. The third kappa shape index (κ3) is 25.1. The van der Waals surface area contributed by atoms with E-state index in [4.69, 9.17) is 19.9 Å². The number of aliphatic hydroxyl groups is 10. The zero-order valence-corrected chi connectivity index (χ0v) is 48.7. The van der Waals surface area contributed by atoms with Crippen LogP contribution in [0.25, 0.3) is 0 Å². The molecule has 2 aliphatic heterocycles. The molecule has 19 heteroatoms. The third-order valence-electron chi connectivity index (χ3n) is 15.7. The number of esters is 2. The minimum Gasteiger partial charge on any atom is -0.461 e. The summed E-state index contributed by atoms with van der Waals surface area (Å²) in [5, 5.41) is 118. The van der Waals surface area contributed by atoms with Gasteiger partial charge in [0.15, 0.2) is 11.7 Å². The molecule has 0 aromatic carbocycles. The Morgan fingerprint density at radius 2 is 1.44 bits per heavy atom. The van der Waals surface area contributed by atoms with Gasteiger partial charge in [-0.05, 0) is 88.5 Å². The summed E-state index contributed by atoms with van der Waals surface area (Å²) in [5.41, 5.74) is 6.98. The minimum absolute atomic E-state index is 0.0395. The Hall–Kier alpha value is -3.57. The molecule has 1 fully saturated rings. The molecule has 0 aliphatic carbocycles. The second-order valence-corrected chi connectivity index (χ2v) is 22.9. The molecule has 2 heterocycles. The van der Waals surface area contributed by atoms with Gasteiger partial charge < -0.3 is 81.6 Å². The van der Waals surface area contributed by atoms with Crippen LogP contribution in [0.2, 0.25) is 0 Å². The zero-order valence-electron chi connectivity index (χ0n) is 48.7. The number of carbonyl (C=O) groups excluding carboxylic acids is 2. The molecule has 2 bridgehead atoms. The Labute approximate surface area is 465 Å². The summed E-state index contributed by atoms with van der Waals surface area (Å²) in [5.74, 6) is -5.29. The highest BCUT2D eigenvalue weighted by Gasteiger charge is 2.50. The lowest BCUT2D eigenvalue weighted by atomic mass is 9.84. The van der Waals surface area contributed by atoms with Gasteiger partial charge in [-0.15, -0.1) is 0 Å². The van der Waals surface area contributed by atoms with E-state index in [0.717, 1.165) is 44.6 Å². The quantitative estimate of drug-likeness (QED) is 0.0429. The Balaban J connectivity index is 2.45. The van der Waals surface area contributed by atoms with Crippen LogP contribution in [0.1, 0.15) is 152 Å². The van der Waals surface area contributed by atoms with Crippen molar-refractivity contribution < 1.29 is 74.9 Å². The predicted molar refractivity (Wildman–Crippen MR) is 302 cm³/mol. The van der Waals surface area contributed by atoms with Gasteiger partial charge in [0, 0.05) is 82.5 Å². The van der Waals surface area contributed by atoms with Gasteiger partial charge in [0.25, 0.3) is 0 Å². The van der Waals surface area contributed by atoms with Gasteiger partial charge in [0.2, 0.25) is 0 Å². The SMILES string of the molecule is CN=C(NC)NCCC/C=C/CCC[C@H](C)[C@@H]1OC(=O)/C(C)=C/C=C/[C@H](C)[C@@H](O)C[C@H](O)[C@@H](C)[C@H](O)CC[C@H](C)[C@@H](O)C[C@@]2(O)O[C@@H](C[C@@H](OC(=O)C(N)C(C)C)C[C@H](O)C[C@@H](O)C[C@H](O)/C(C)=C/C=C/[C@H]1C)C[C@@H](O)[C@@H]2O. The molecule has 19 nitrogen and oxygen atoms in total. The van der Waals surface area contributed by atoms with Crippen LogP contribution in [0.15, 0.2) is 64.7 Å². The summed E-state index contributed by atoms with van der Waals surface area (Å²) >= 11 is 0. The van der Waals surface area contributed by atoms with E-state index < -0.39 is 121 Å². The number of rotatable bonds is 12. The number of carbonyl (C=O) groups is 2. The van der Waals surface area contributed by atoms with Crippen molar-refractivity contribution in [1.29, 1.82) is 0 Å². The molecule has 78 heavy (non-hydrogen) atoms. The van der Waals surface area contributed by atoms with Crippen molar-refractivity contribution in [2.75, 3.05) is 20.6 Å². The molecular weight excluding hydrogens is 1000 g/mol. The van der Waals surface area contributed by atoms with Crippen molar-refractivity contribution in [2.45, 2.75) is 237 Å². The second kappa shape index (κ2) is 36.0. The zero-order chi connectivity index (χ0) is 58.9. The van der Waals surface area contributed by atoms with E-state index in [9.17, 15) is 60.7 Å². The summed E-state index contributed by atoms with van der Waals surface area (Å²) in [6.45, 7) is 16.7. The maximum absolute atomic E-state index is 13.7. The number of allylic oxidation sites excluding steroid dienone is 6. The average molecular weight is 1110 g/mol. The van der Waals surface area contributed by atoms with Gasteiger partial charge in [0.1, 0.15) is 24.4 Å². The highest BCUT2D eigenvalue weighted by Crippen LogP contribution is 2.36. The monoisotopic (exact) mass is 1110 g/mol. The summed E-state index contributed by atoms with van der Waals surface area (Å²) in [6.07, 6.45) is 3.86. The average Bonchev–Trinajstić information content (AvgIpc) is 3.40. The lowest BCUT2D eigenvalue weighted by Gasteiger charge is -2.45. The second-order valence-electron chi connectivity index (χ2n) is 22.9. The molecule has 0 spiro atoms. The van der Waals surface area contributed by atoms with Crippen LogP contribution < -0.4 is 16.4 Å². The maximum Gasteiger partial charge on any atom is 0.334 e. The van der Waals surface area contributed by atoms with Crippen molar-refractivity contribution >= 4 is 17.9 Å². The number of nitrogens with two attached hydrogens (primary N) is 1. The molecule has 0 aromatic heterocycles. The molecule has 0 amide bonds. The fourth-order valence-corrected chi connectivity index (χ4v) is 9.79. The standard InChI is InChI=1S/C59H104N4O15/c1-35(2)53(60)57(74)76-45-29-43(64)28-44(65)30-48(67)36(3)21-18-23-40(7)54(39(6)20-16-14-12-13-15-17-27-63-58(61-10)62-11)77-56(73)41(8)24-19-22-37(4)49(68)33-50(69)42(9)47(66)26-25-38(5)52(71)34-59(75)55(72)51(70)32-46(31-45)78-59/h12-13,18-19,21-24,35,37-40,42-55,64-72,75H,14-17,20,25-34,60H2,1-11H3,(H2,61,62,63)/b13-12+,22-19+,23-18+,36-21+,41-24+/t37-,38-,39-,40+,42-,43+,44+,45-,46-,47+,48-,49-,50-,51+,52-,53?,54-,55-,59+/m0/s1. The van der Waals surface area contributed by atoms with Crippen molar-refractivity contribution in [3.63, 3.8) is 0 Å². The highest BCUT2D eigenvalue weighted by atomic mass is 16.7. The number of fused-ring (bicyclic) bond motifs is 2. The first kappa shape index (κ1) is 70.5. The van der Waals surface area contributed by atoms with Crippen molar-refractivity contribution in [2.24, 2.45) is 46.2 Å². The molecule has 2 aliphatic rings. The summed E-state index contributed by atoms with van der Waals surface area (Å²) < 4.78 is 18.0. The number of unbranched alkanes of at least 4 members (excludes halogenated alkanes) is 2. The number of nitrogens with zero attached hydrogens (tertiary/aromatic N) is 1. The van der Waals surface area contributed by atoms with E-state index >= 15 is 0 Å². The van der Waals surface area contributed by atoms with Crippen LogP contribution in [0.4, 0.5) is 0 Å². The van der Waals surface area contributed by atoms with E-state index in [1.165, 1.54) is 0 Å². The lowest BCUT2D eigenvalue weighted by Crippen LogP contribution is -2.60. The number of cyclic esters (lactones) is 1. The molecule has 0 saturated carbocycles. The van der Waals surface area contributed by atoms with Gasteiger partial charge in [-0.2, -0.15) is 0 Å². The van der Waals surface area contributed by atoms with Gasteiger partial charge in [-0.25, -0.2) is 4.79 Å². The number of aliphatic hydroxyl groups excluding tert-OH is 9. The highest BCUT2D eigenvalue weighted by molar-refractivity contribution is 5.88. The first-order valence-corrected chi connectivity index (χ1v) is 28.6. The fourth-order valence-electron chi connectivity index (χ4n) is 9.79. The van der Waals surface area contributed by atoms with Crippen molar-refractivity contribution in [1.82, 2.24) is 10.6 Å². The van der Waals surface area contributed by atoms with Gasteiger partial charge in [-0.1, -0.05) is 97.1 Å². The first-order valence-electron chi connectivity index (χ1n) is 28.6. The maximum atomic E-state index is 13.7. The number of aliphatic imine (C=N–C) groups is 1. The molecule has 14 N–H and O–H groups in total. The Morgan fingerprint density at radius 3 is 2.08 bits per heavy atom. The molecular formula is C59H104N4O15. The van der Waals surface area contributed by atoms with E-state index in [1.807, 2.05) is 20.0 Å². The molecule has 2 rings (SSSR count). The molecule has 19 atom stereocenters. The fraction of sp³-hybridized carbons (Fsp3) is 0.780. The summed E-state index contributed by atoms with van der Waals surface area (Å²) in [4.78, 5) is 31.0. The van der Waals surface area contributed by atoms with E-state index in [0.29, 0.717) is 11.1 Å². The van der Waals surface area contributed by atoms with E-state index in [2.05, 4.69) is 34.7 Å². The van der Waals surface area contributed by atoms with Crippen molar-refractivity contribution in [3.05, 3.63) is 59.8 Å².